The quantitative estimate of drug-likeness (QED) is 0.874. The number of ether oxygens (including phenoxy) is 3. The third kappa shape index (κ3) is 4.53. The minimum atomic E-state index is -0.491. The standard InChI is InChI=1S/C15H22N2O4/c1-3-21-12-4-5-13(17-15(18)19-2)14(10-12)16-11-6-8-20-9-7-11/h4-5,10-11,16H,3,6-9H2,1-2H3,(H,17,18). The van der Waals surface area contributed by atoms with E-state index in [1.54, 1.807) is 0 Å². The van der Waals surface area contributed by atoms with Crippen LogP contribution in [-0.4, -0.2) is 39.1 Å². The van der Waals surface area contributed by atoms with Crippen LogP contribution in [-0.2, 0) is 9.47 Å². The highest BCUT2D eigenvalue weighted by atomic mass is 16.5. The fourth-order valence-electron chi connectivity index (χ4n) is 2.23. The van der Waals surface area contributed by atoms with Gasteiger partial charge in [-0.25, -0.2) is 4.79 Å². The summed E-state index contributed by atoms with van der Waals surface area (Å²) in [5.74, 6) is 0.766. The van der Waals surface area contributed by atoms with Gasteiger partial charge in [0.1, 0.15) is 5.75 Å². The van der Waals surface area contributed by atoms with Crippen LogP contribution >= 0.6 is 0 Å². The molecule has 0 unspecified atom stereocenters. The second-order valence-corrected chi connectivity index (χ2v) is 4.79. The lowest BCUT2D eigenvalue weighted by molar-refractivity contribution is 0.0904. The minimum absolute atomic E-state index is 0.328. The molecule has 0 saturated carbocycles. The lowest BCUT2D eigenvalue weighted by Gasteiger charge is -2.25. The molecule has 116 valence electrons. The fraction of sp³-hybridized carbons (Fsp3) is 0.533. The number of hydrogen-bond acceptors (Lipinski definition) is 5. The third-order valence-electron chi connectivity index (χ3n) is 3.31. The first-order valence-electron chi connectivity index (χ1n) is 7.19. The van der Waals surface area contributed by atoms with Gasteiger partial charge < -0.3 is 19.5 Å². The molecule has 2 N–H and O–H groups in total. The van der Waals surface area contributed by atoms with Crippen LogP contribution in [0.5, 0.6) is 5.75 Å². The Kier molecular flexibility index (Phi) is 5.68. The molecule has 6 nitrogen and oxygen atoms in total. The number of carbonyl (C=O) groups is 1. The highest BCUT2D eigenvalue weighted by Crippen LogP contribution is 2.29. The monoisotopic (exact) mass is 294 g/mol. The second kappa shape index (κ2) is 7.73. The lowest BCUT2D eigenvalue weighted by atomic mass is 10.1. The average molecular weight is 294 g/mol. The van der Waals surface area contributed by atoms with Gasteiger partial charge >= 0.3 is 6.09 Å². The second-order valence-electron chi connectivity index (χ2n) is 4.79. The largest absolute Gasteiger partial charge is 0.494 e. The van der Waals surface area contributed by atoms with Crippen LogP contribution in [0.1, 0.15) is 19.8 Å². The maximum atomic E-state index is 11.4. The number of methoxy groups -OCH3 is 1. The van der Waals surface area contributed by atoms with Gasteiger partial charge in [-0.05, 0) is 31.9 Å². The summed E-state index contributed by atoms with van der Waals surface area (Å²) in [4.78, 5) is 11.4. The van der Waals surface area contributed by atoms with E-state index in [4.69, 9.17) is 9.47 Å². The van der Waals surface area contributed by atoms with Crippen LogP contribution in [0, 0.1) is 0 Å². The number of hydrogen-bond donors (Lipinski definition) is 2. The van der Waals surface area contributed by atoms with Gasteiger partial charge in [-0.15, -0.1) is 0 Å². The number of rotatable bonds is 5. The lowest BCUT2D eigenvalue weighted by Crippen LogP contribution is -2.28. The first kappa shape index (κ1) is 15.4. The van der Waals surface area contributed by atoms with Gasteiger partial charge in [-0.3, -0.25) is 5.32 Å². The van der Waals surface area contributed by atoms with Gasteiger partial charge in [0.2, 0.25) is 0 Å². The summed E-state index contributed by atoms with van der Waals surface area (Å²) in [6.07, 6.45) is 1.39. The highest BCUT2D eigenvalue weighted by Gasteiger charge is 2.16. The number of nitrogens with one attached hydrogen (secondary N) is 2. The van der Waals surface area contributed by atoms with Crippen LogP contribution in [0.4, 0.5) is 16.2 Å². The minimum Gasteiger partial charge on any atom is -0.494 e. The van der Waals surface area contributed by atoms with Crippen molar-refractivity contribution in [2.75, 3.05) is 37.6 Å². The molecule has 1 aromatic carbocycles. The summed E-state index contributed by atoms with van der Waals surface area (Å²) in [7, 11) is 1.34. The van der Waals surface area contributed by atoms with E-state index in [1.807, 2.05) is 25.1 Å². The molecule has 6 heteroatoms. The summed E-state index contributed by atoms with van der Waals surface area (Å²) < 4.78 is 15.5. The van der Waals surface area contributed by atoms with E-state index in [-0.39, 0.29) is 0 Å². The number of amides is 1. The predicted octanol–water partition coefficient (Wildman–Crippen LogP) is 2.85. The van der Waals surface area contributed by atoms with E-state index in [0.29, 0.717) is 18.3 Å². The van der Waals surface area contributed by atoms with E-state index in [1.165, 1.54) is 7.11 Å². The number of carbonyl (C=O) groups excluding carboxylic acids is 1. The van der Waals surface area contributed by atoms with Crippen LogP contribution in [0.3, 0.4) is 0 Å². The Morgan fingerprint density at radius 1 is 1.33 bits per heavy atom. The molecule has 1 heterocycles. The Balaban J connectivity index is 2.15. The molecule has 1 fully saturated rings. The summed E-state index contributed by atoms with van der Waals surface area (Å²) in [5, 5.41) is 6.16. The Bertz CT molecular complexity index is 473. The zero-order chi connectivity index (χ0) is 15.1. The Morgan fingerprint density at radius 2 is 2.10 bits per heavy atom. The van der Waals surface area contributed by atoms with Crippen molar-refractivity contribution in [2.45, 2.75) is 25.8 Å². The fourth-order valence-corrected chi connectivity index (χ4v) is 2.23. The Hall–Kier alpha value is -1.95. The number of anilines is 2. The van der Waals surface area contributed by atoms with E-state index in [2.05, 4.69) is 15.4 Å². The van der Waals surface area contributed by atoms with E-state index < -0.39 is 6.09 Å². The maximum absolute atomic E-state index is 11.4. The zero-order valence-corrected chi connectivity index (χ0v) is 12.5. The van der Waals surface area contributed by atoms with Crippen molar-refractivity contribution in [1.82, 2.24) is 0 Å². The molecule has 0 spiro atoms. The smallest absolute Gasteiger partial charge is 0.411 e. The number of benzene rings is 1. The molecule has 0 atom stereocenters. The van der Waals surface area contributed by atoms with Crippen molar-refractivity contribution in [3.05, 3.63) is 18.2 Å². The molecule has 1 aliphatic heterocycles. The molecule has 1 aromatic rings. The zero-order valence-electron chi connectivity index (χ0n) is 12.5. The Labute approximate surface area is 124 Å². The van der Waals surface area contributed by atoms with Crippen molar-refractivity contribution in [3.8, 4) is 5.75 Å². The Morgan fingerprint density at radius 3 is 2.76 bits per heavy atom. The molecule has 0 aromatic heterocycles. The summed E-state index contributed by atoms with van der Waals surface area (Å²) in [6.45, 7) is 4.04. The summed E-state index contributed by atoms with van der Waals surface area (Å²) in [5.41, 5.74) is 1.51. The van der Waals surface area contributed by atoms with Crippen molar-refractivity contribution in [1.29, 1.82) is 0 Å². The van der Waals surface area contributed by atoms with Gasteiger partial charge in [-0.2, -0.15) is 0 Å². The SMILES string of the molecule is CCOc1ccc(NC(=O)OC)c(NC2CCOCC2)c1. The van der Waals surface area contributed by atoms with Gasteiger partial charge in [0, 0.05) is 25.3 Å². The molecule has 0 radical (unpaired) electrons. The van der Waals surface area contributed by atoms with Crippen LogP contribution in [0.15, 0.2) is 18.2 Å². The summed E-state index contributed by atoms with van der Waals surface area (Å²) in [6, 6.07) is 5.85. The first-order valence-corrected chi connectivity index (χ1v) is 7.19. The topological polar surface area (TPSA) is 68.8 Å². The van der Waals surface area contributed by atoms with Crippen LogP contribution in [0.25, 0.3) is 0 Å². The van der Waals surface area contributed by atoms with Gasteiger partial charge in [0.25, 0.3) is 0 Å². The van der Waals surface area contributed by atoms with Gasteiger partial charge in [0.05, 0.1) is 25.1 Å². The van der Waals surface area contributed by atoms with Crippen molar-refractivity contribution >= 4 is 17.5 Å². The summed E-state index contributed by atoms with van der Waals surface area (Å²) >= 11 is 0. The molecule has 21 heavy (non-hydrogen) atoms. The molecule has 1 aliphatic rings. The molecule has 1 saturated heterocycles. The van der Waals surface area contributed by atoms with Crippen LogP contribution < -0.4 is 15.4 Å². The predicted molar refractivity (Wildman–Crippen MR) is 81.1 cm³/mol. The van der Waals surface area contributed by atoms with Gasteiger partial charge in [0.15, 0.2) is 0 Å². The molecule has 2 rings (SSSR count). The molecule has 0 bridgehead atoms. The molecule has 0 aliphatic carbocycles. The highest BCUT2D eigenvalue weighted by molar-refractivity contribution is 5.89. The average Bonchev–Trinajstić information content (AvgIpc) is 2.51. The first-order chi connectivity index (χ1) is 10.2. The van der Waals surface area contributed by atoms with Gasteiger partial charge in [-0.1, -0.05) is 0 Å². The van der Waals surface area contributed by atoms with E-state index in [0.717, 1.165) is 37.5 Å². The van der Waals surface area contributed by atoms with Crippen molar-refractivity contribution < 1.29 is 19.0 Å². The maximum Gasteiger partial charge on any atom is 0.411 e. The third-order valence-corrected chi connectivity index (χ3v) is 3.31. The van der Waals surface area contributed by atoms with Crippen molar-refractivity contribution in [2.24, 2.45) is 0 Å². The normalized spacial score (nSPS) is 15.3. The molecule has 1 amide bonds. The van der Waals surface area contributed by atoms with Crippen LogP contribution in [0.2, 0.25) is 0 Å². The molecular weight excluding hydrogens is 272 g/mol. The van der Waals surface area contributed by atoms with E-state index >= 15 is 0 Å². The van der Waals surface area contributed by atoms with E-state index in [9.17, 15) is 4.79 Å². The molecular formula is C15H22N2O4. The van der Waals surface area contributed by atoms with Crippen molar-refractivity contribution in [3.63, 3.8) is 0 Å².